The molecule has 0 radical (unpaired) electrons. The van der Waals surface area contributed by atoms with Gasteiger partial charge in [-0.3, -0.25) is 14.4 Å². The van der Waals surface area contributed by atoms with Gasteiger partial charge < -0.3 is 19.7 Å². The number of amides is 2. The average molecular weight is 405 g/mol. The Kier molecular flexibility index (Phi) is 7.40. The first-order valence-corrected chi connectivity index (χ1v) is 8.79. The third kappa shape index (κ3) is 5.99. The SMILES string of the molecule is COc1cc(C(C)=O)ccc1OCC(=O)N(C)CC(=O)Nc1ccc(Cl)cc1. The number of carbonyl (C=O) groups is 3. The Morgan fingerprint density at radius 1 is 1.07 bits per heavy atom. The molecule has 28 heavy (non-hydrogen) atoms. The molecule has 2 amide bonds. The van der Waals surface area contributed by atoms with E-state index in [1.54, 1.807) is 42.5 Å². The average Bonchev–Trinajstić information content (AvgIpc) is 2.67. The van der Waals surface area contributed by atoms with Gasteiger partial charge in [0.2, 0.25) is 5.91 Å². The van der Waals surface area contributed by atoms with Gasteiger partial charge in [0.1, 0.15) is 0 Å². The summed E-state index contributed by atoms with van der Waals surface area (Å²) in [7, 11) is 2.95. The molecule has 0 aliphatic heterocycles. The van der Waals surface area contributed by atoms with E-state index in [2.05, 4.69) is 5.32 Å². The van der Waals surface area contributed by atoms with Crippen molar-refractivity contribution in [3.63, 3.8) is 0 Å². The number of methoxy groups -OCH3 is 1. The molecule has 0 unspecified atom stereocenters. The van der Waals surface area contributed by atoms with Crippen molar-refractivity contribution in [2.45, 2.75) is 6.92 Å². The number of nitrogens with zero attached hydrogens (tertiary/aromatic N) is 1. The van der Waals surface area contributed by atoms with E-state index in [0.717, 1.165) is 0 Å². The van der Waals surface area contributed by atoms with Crippen LogP contribution in [0.2, 0.25) is 5.02 Å². The Balaban J connectivity index is 1.89. The summed E-state index contributed by atoms with van der Waals surface area (Å²) in [6.45, 7) is 1.04. The summed E-state index contributed by atoms with van der Waals surface area (Å²) in [5, 5.41) is 3.24. The second-order valence-electron chi connectivity index (χ2n) is 6.02. The van der Waals surface area contributed by atoms with Gasteiger partial charge in [-0.1, -0.05) is 11.6 Å². The number of nitrogens with one attached hydrogen (secondary N) is 1. The van der Waals surface area contributed by atoms with E-state index in [-0.39, 0.29) is 30.7 Å². The fourth-order valence-corrected chi connectivity index (χ4v) is 2.42. The van der Waals surface area contributed by atoms with Crippen molar-refractivity contribution < 1.29 is 23.9 Å². The van der Waals surface area contributed by atoms with E-state index >= 15 is 0 Å². The molecule has 2 aromatic rings. The summed E-state index contributed by atoms with van der Waals surface area (Å²) in [4.78, 5) is 37.0. The fraction of sp³-hybridized carbons (Fsp3) is 0.250. The van der Waals surface area contributed by atoms with Crippen LogP contribution in [0.3, 0.4) is 0 Å². The molecule has 8 heteroatoms. The van der Waals surface area contributed by atoms with Crippen LogP contribution in [0, 0.1) is 0 Å². The predicted octanol–water partition coefficient (Wildman–Crippen LogP) is 3.03. The summed E-state index contributed by atoms with van der Waals surface area (Å²) in [6.07, 6.45) is 0. The highest BCUT2D eigenvalue weighted by atomic mass is 35.5. The number of hydrogen-bond acceptors (Lipinski definition) is 5. The van der Waals surface area contributed by atoms with E-state index in [9.17, 15) is 14.4 Å². The summed E-state index contributed by atoms with van der Waals surface area (Å²) in [5.74, 6) is -0.152. The molecule has 0 aromatic heterocycles. The third-order valence-corrected chi connectivity index (χ3v) is 4.11. The number of ether oxygens (including phenoxy) is 2. The molecular weight excluding hydrogens is 384 g/mol. The molecule has 0 bridgehead atoms. The molecule has 2 rings (SSSR count). The summed E-state index contributed by atoms with van der Waals surface area (Å²) < 4.78 is 10.7. The standard InChI is InChI=1S/C20H21ClN2O5/c1-13(24)14-4-9-17(18(10-14)27-3)28-12-20(26)23(2)11-19(25)22-16-7-5-15(21)6-8-16/h4-10H,11-12H2,1-3H3,(H,22,25). The van der Waals surface area contributed by atoms with Gasteiger partial charge in [-0.2, -0.15) is 0 Å². The van der Waals surface area contributed by atoms with Crippen LogP contribution in [-0.2, 0) is 9.59 Å². The van der Waals surface area contributed by atoms with Crippen molar-refractivity contribution >= 4 is 34.9 Å². The lowest BCUT2D eigenvalue weighted by molar-refractivity contribution is -0.135. The summed E-state index contributed by atoms with van der Waals surface area (Å²) in [6, 6.07) is 11.4. The van der Waals surface area contributed by atoms with Crippen molar-refractivity contribution in [2.75, 3.05) is 32.6 Å². The number of carbonyl (C=O) groups excluding carboxylic acids is 3. The molecule has 0 saturated heterocycles. The molecular formula is C20H21ClN2O5. The van der Waals surface area contributed by atoms with Crippen molar-refractivity contribution in [1.82, 2.24) is 4.90 Å². The van der Waals surface area contributed by atoms with Crippen molar-refractivity contribution in [3.05, 3.63) is 53.1 Å². The number of likely N-dealkylation sites (N-methyl/N-ethyl adjacent to an activating group) is 1. The van der Waals surface area contributed by atoms with Crippen LogP contribution in [0.4, 0.5) is 5.69 Å². The van der Waals surface area contributed by atoms with Gasteiger partial charge in [0.25, 0.3) is 5.91 Å². The minimum Gasteiger partial charge on any atom is -0.493 e. The molecule has 0 aliphatic carbocycles. The van der Waals surface area contributed by atoms with Crippen LogP contribution < -0.4 is 14.8 Å². The zero-order chi connectivity index (χ0) is 20.7. The molecule has 0 spiro atoms. The monoisotopic (exact) mass is 404 g/mol. The van der Waals surface area contributed by atoms with Gasteiger partial charge in [0.15, 0.2) is 23.9 Å². The molecule has 0 saturated carbocycles. The minimum absolute atomic E-state index is 0.104. The molecule has 2 aromatic carbocycles. The molecule has 0 atom stereocenters. The van der Waals surface area contributed by atoms with Gasteiger partial charge in [-0.25, -0.2) is 0 Å². The number of rotatable bonds is 8. The summed E-state index contributed by atoms with van der Waals surface area (Å²) in [5.41, 5.74) is 1.06. The highest BCUT2D eigenvalue weighted by Gasteiger charge is 2.15. The van der Waals surface area contributed by atoms with E-state index in [1.807, 2.05) is 0 Å². The van der Waals surface area contributed by atoms with Crippen molar-refractivity contribution in [1.29, 1.82) is 0 Å². The second-order valence-corrected chi connectivity index (χ2v) is 6.45. The zero-order valence-corrected chi connectivity index (χ0v) is 16.6. The number of ketones is 1. The van der Waals surface area contributed by atoms with Gasteiger partial charge >= 0.3 is 0 Å². The predicted molar refractivity (Wildman–Crippen MR) is 106 cm³/mol. The largest absolute Gasteiger partial charge is 0.493 e. The number of Topliss-reactive ketones (excluding diaryl/α,β-unsaturated/α-hetero) is 1. The van der Waals surface area contributed by atoms with E-state index in [4.69, 9.17) is 21.1 Å². The zero-order valence-electron chi connectivity index (χ0n) is 15.8. The molecule has 7 nitrogen and oxygen atoms in total. The molecule has 0 aliphatic rings. The van der Waals surface area contributed by atoms with E-state index in [0.29, 0.717) is 27.8 Å². The lowest BCUT2D eigenvalue weighted by Gasteiger charge is -2.18. The Bertz CT molecular complexity index is 867. The molecule has 148 valence electrons. The molecule has 0 heterocycles. The Hall–Kier alpha value is -3.06. The van der Waals surface area contributed by atoms with Gasteiger partial charge in [-0.05, 0) is 49.4 Å². The van der Waals surface area contributed by atoms with Crippen LogP contribution in [0.15, 0.2) is 42.5 Å². The van der Waals surface area contributed by atoms with Crippen LogP contribution in [0.25, 0.3) is 0 Å². The quantitative estimate of drug-likeness (QED) is 0.683. The first-order valence-electron chi connectivity index (χ1n) is 8.41. The first kappa shape index (κ1) is 21.2. The number of halogens is 1. The Labute approximate surface area is 168 Å². The minimum atomic E-state index is -0.385. The third-order valence-electron chi connectivity index (χ3n) is 3.86. The highest BCUT2D eigenvalue weighted by Crippen LogP contribution is 2.28. The normalized spacial score (nSPS) is 10.1. The van der Waals surface area contributed by atoms with E-state index < -0.39 is 0 Å². The lowest BCUT2D eigenvalue weighted by atomic mass is 10.1. The number of anilines is 1. The highest BCUT2D eigenvalue weighted by molar-refractivity contribution is 6.30. The van der Waals surface area contributed by atoms with Crippen LogP contribution in [0.1, 0.15) is 17.3 Å². The number of benzene rings is 2. The smallest absolute Gasteiger partial charge is 0.260 e. The maximum atomic E-state index is 12.2. The van der Waals surface area contributed by atoms with Gasteiger partial charge in [-0.15, -0.1) is 0 Å². The fourth-order valence-electron chi connectivity index (χ4n) is 2.29. The number of hydrogen-bond donors (Lipinski definition) is 1. The van der Waals surface area contributed by atoms with E-state index in [1.165, 1.54) is 26.0 Å². The lowest BCUT2D eigenvalue weighted by Crippen LogP contribution is -2.37. The van der Waals surface area contributed by atoms with Crippen molar-refractivity contribution in [3.8, 4) is 11.5 Å². The van der Waals surface area contributed by atoms with Gasteiger partial charge in [0, 0.05) is 23.3 Å². The maximum Gasteiger partial charge on any atom is 0.260 e. The second kappa shape index (κ2) is 9.75. The van der Waals surface area contributed by atoms with Gasteiger partial charge in [0.05, 0.1) is 13.7 Å². The Morgan fingerprint density at radius 2 is 1.75 bits per heavy atom. The molecule has 1 N–H and O–H groups in total. The summed E-state index contributed by atoms with van der Waals surface area (Å²) >= 11 is 5.80. The van der Waals surface area contributed by atoms with Crippen LogP contribution in [-0.4, -0.2) is 49.8 Å². The first-order chi connectivity index (χ1) is 13.3. The van der Waals surface area contributed by atoms with Crippen molar-refractivity contribution in [2.24, 2.45) is 0 Å². The van der Waals surface area contributed by atoms with Crippen LogP contribution >= 0.6 is 11.6 Å². The van der Waals surface area contributed by atoms with Crippen LogP contribution in [0.5, 0.6) is 11.5 Å². The molecule has 0 fully saturated rings. The maximum absolute atomic E-state index is 12.2. The topological polar surface area (TPSA) is 84.9 Å². The Morgan fingerprint density at radius 3 is 2.36 bits per heavy atom.